The van der Waals surface area contributed by atoms with Gasteiger partial charge in [0.15, 0.2) is 5.90 Å². The number of nitrogens with one attached hydrogen (secondary N) is 1. The molecule has 68 valence electrons. The Morgan fingerprint density at radius 3 is 2.83 bits per heavy atom. The predicted molar refractivity (Wildman–Crippen MR) is 48.3 cm³/mol. The smallest absolute Gasteiger partial charge is 0.181 e. The minimum Gasteiger partial charge on any atom is -0.477 e. The van der Waals surface area contributed by atoms with Crippen LogP contribution in [0, 0.1) is 16.7 Å². The van der Waals surface area contributed by atoms with E-state index in [0.29, 0.717) is 23.3 Å². The quantitative estimate of drug-likeness (QED) is 0.591. The van der Waals surface area contributed by atoms with Crippen LogP contribution >= 0.6 is 0 Å². The van der Waals surface area contributed by atoms with E-state index in [0.717, 1.165) is 12.8 Å². The third-order valence-electron chi connectivity index (χ3n) is 3.62. The average Bonchev–Trinajstić information content (AvgIpc) is 1.92. The highest BCUT2D eigenvalue weighted by atomic mass is 16.5. The van der Waals surface area contributed by atoms with Crippen molar-refractivity contribution in [2.24, 2.45) is 11.3 Å². The average molecular weight is 167 g/mol. The Balaban J connectivity index is 2.23. The fourth-order valence-electron chi connectivity index (χ4n) is 2.58. The van der Waals surface area contributed by atoms with E-state index >= 15 is 0 Å². The summed E-state index contributed by atoms with van der Waals surface area (Å²) in [5.41, 5.74) is 0.308. The number of hydrogen-bond acceptors (Lipinski definition) is 2. The van der Waals surface area contributed by atoms with Crippen LogP contribution in [0.2, 0.25) is 0 Å². The van der Waals surface area contributed by atoms with Gasteiger partial charge in [0, 0.05) is 11.8 Å². The molecule has 1 aliphatic heterocycles. The molecular weight excluding hydrogens is 150 g/mol. The van der Waals surface area contributed by atoms with Gasteiger partial charge in [-0.3, -0.25) is 5.41 Å². The van der Waals surface area contributed by atoms with Gasteiger partial charge in [-0.25, -0.2) is 0 Å². The summed E-state index contributed by atoms with van der Waals surface area (Å²) in [7, 11) is 0. The van der Waals surface area contributed by atoms with Crippen LogP contribution in [0.3, 0.4) is 0 Å². The summed E-state index contributed by atoms with van der Waals surface area (Å²) >= 11 is 0. The lowest BCUT2D eigenvalue weighted by molar-refractivity contribution is -0.0483. The Morgan fingerprint density at radius 1 is 1.42 bits per heavy atom. The summed E-state index contributed by atoms with van der Waals surface area (Å²) in [5.74, 6) is 1.21. The zero-order valence-electron chi connectivity index (χ0n) is 7.89. The van der Waals surface area contributed by atoms with Gasteiger partial charge in [-0.15, -0.1) is 0 Å². The molecule has 0 amide bonds. The van der Waals surface area contributed by atoms with Gasteiger partial charge in [0.05, 0.1) is 0 Å². The van der Waals surface area contributed by atoms with Gasteiger partial charge in [0.2, 0.25) is 0 Å². The molecule has 0 aromatic rings. The molecule has 0 aromatic carbocycles. The second-order valence-electron chi connectivity index (χ2n) is 4.68. The lowest BCUT2D eigenvalue weighted by atomic mass is 9.64. The number of rotatable bonds is 0. The fourth-order valence-corrected chi connectivity index (χ4v) is 2.58. The molecular formula is C10H17NO. The molecule has 2 heteroatoms. The highest BCUT2D eigenvalue weighted by Crippen LogP contribution is 2.47. The summed E-state index contributed by atoms with van der Waals surface area (Å²) in [6.45, 7) is 4.57. The molecule has 0 spiro atoms. The van der Waals surface area contributed by atoms with E-state index in [4.69, 9.17) is 10.1 Å². The summed E-state index contributed by atoms with van der Waals surface area (Å²) in [6.07, 6.45) is 4.90. The molecule has 2 fully saturated rings. The third-order valence-corrected chi connectivity index (χ3v) is 3.62. The van der Waals surface area contributed by atoms with E-state index < -0.39 is 0 Å². The van der Waals surface area contributed by atoms with Gasteiger partial charge in [0.25, 0.3) is 0 Å². The van der Waals surface area contributed by atoms with Crippen LogP contribution in [-0.2, 0) is 4.74 Å². The first kappa shape index (κ1) is 8.09. The van der Waals surface area contributed by atoms with E-state index in [1.165, 1.54) is 12.8 Å². The molecule has 2 unspecified atom stereocenters. The maximum atomic E-state index is 7.54. The van der Waals surface area contributed by atoms with E-state index in [2.05, 4.69) is 13.8 Å². The zero-order valence-corrected chi connectivity index (χ0v) is 7.89. The first-order valence-electron chi connectivity index (χ1n) is 4.85. The number of ether oxygens (including phenoxy) is 1. The highest BCUT2D eigenvalue weighted by Gasteiger charge is 2.45. The Labute approximate surface area is 73.8 Å². The van der Waals surface area contributed by atoms with Crippen LogP contribution in [0.1, 0.15) is 39.5 Å². The van der Waals surface area contributed by atoms with Gasteiger partial charge < -0.3 is 4.74 Å². The lowest BCUT2D eigenvalue weighted by Crippen LogP contribution is -2.48. The standard InChI is InChI=1S/C10H17NO/c1-10(2)7-4-3-5-8(10)12-9(11)6-7/h7-8,11H,3-6H2,1-2H3. The maximum absolute atomic E-state index is 7.54. The molecule has 2 aliphatic rings. The molecule has 0 aromatic heterocycles. The molecule has 1 aliphatic carbocycles. The van der Waals surface area contributed by atoms with Gasteiger partial charge in [-0.1, -0.05) is 13.8 Å². The summed E-state index contributed by atoms with van der Waals surface area (Å²) in [4.78, 5) is 0. The highest BCUT2D eigenvalue weighted by molar-refractivity contribution is 5.74. The number of fused-ring (bicyclic) bond motifs is 2. The van der Waals surface area contributed by atoms with E-state index in [9.17, 15) is 0 Å². The Morgan fingerprint density at radius 2 is 2.17 bits per heavy atom. The van der Waals surface area contributed by atoms with Crippen LogP contribution < -0.4 is 0 Å². The summed E-state index contributed by atoms with van der Waals surface area (Å²) < 4.78 is 5.56. The molecule has 12 heavy (non-hydrogen) atoms. The van der Waals surface area contributed by atoms with Crippen LogP contribution in [0.25, 0.3) is 0 Å². The van der Waals surface area contributed by atoms with Gasteiger partial charge in [0.1, 0.15) is 6.10 Å². The monoisotopic (exact) mass is 167 g/mol. The second-order valence-corrected chi connectivity index (χ2v) is 4.68. The zero-order chi connectivity index (χ0) is 8.77. The normalized spacial score (nSPS) is 39.0. The molecule has 2 atom stereocenters. The van der Waals surface area contributed by atoms with Crippen LogP contribution in [-0.4, -0.2) is 12.0 Å². The number of hydrogen-bond donors (Lipinski definition) is 1. The first-order chi connectivity index (χ1) is 5.60. The summed E-state index contributed by atoms with van der Waals surface area (Å²) in [5, 5.41) is 7.54. The van der Waals surface area contributed by atoms with Gasteiger partial charge in [-0.2, -0.15) is 0 Å². The maximum Gasteiger partial charge on any atom is 0.181 e. The van der Waals surface area contributed by atoms with Crippen molar-refractivity contribution < 1.29 is 4.74 Å². The summed E-state index contributed by atoms with van der Waals surface area (Å²) in [6, 6.07) is 0. The van der Waals surface area contributed by atoms with Crippen molar-refractivity contribution in [2.45, 2.75) is 45.6 Å². The molecule has 0 radical (unpaired) electrons. The van der Waals surface area contributed by atoms with Gasteiger partial charge in [-0.05, 0) is 25.2 Å². The molecule has 2 nitrogen and oxygen atoms in total. The minimum absolute atomic E-state index is 0.308. The largest absolute Gasteiger partial charge is 0.477 e. The fraction of sp³-hybridized carbons (Fsp3) is 0.900. The molecule has 1 N–H and O–H groups in total. The molecule has 2 rings (SSSR count). The van der Waals surface area contributed by atoms with Crippen molar-refractivity contribution in [3.05, 3.63) is 0 Å². The Hall–Kier alpha value is -0.530. The molecule has 1 saturated heterocycles. The lowest BCUT2D eigenvalue weighted by Gasteiger charge is -2.48. The van der Waals surface area contributed by atoms with Crippen molar-refractivity contribution >= 4 is 5.90 Å². The minimum atomic E-state index is 0.308. The van der Waals surface area contributed by atoms with Gasteiger partial charge >= 0.3 is 0 Å². The van der Waals surface area contributed by atoms with E-state index in [-0.39, 0.29) is 0 Å². The molecule has 2 bridgehead atoms. The van der Waals surface area contributed by atoms with Crippen molar-refractivity contribution in [3.63, 3.8) is 0 Å². The van der Waals surface area contributed by atoms with E-state index in [1.807, 2.05) is 0 Å². The first-order valence-corrected chi connectivity index (χ1v) is 4.85. The van der Waals surface area contributed by atoms with Crippen molar-refractivity contribution in [1.82, 2.24) is 0 Å². The van der Waals surface area contributed by atoms with Crippen molar-refractivity contribution in [1.29, 1.82) is 5.41 Å². The van der Waals surface area contributed by atoms with Crippen LogP contribution in [0.15, 0.2) is 0 Å². The Bertz CT molecular complexity index is 192. The second kappa shape index (κ2) is 2.48. The third kappa shape index (κ3) is 1.05. The van der Waals surface area contributed by atoms with E-state index in [1.54, 1.807) is 0 Å². The molecule has 1 saturated carbocycles. The predicted octanol–water partition coefficient (Wildman–Crippen LogP) is 2.58. The molecule has 1 heterocycles. The van der Waals surface area contributed by atoms with Crippen LogP contribution in [0.4, 0.5) is 0 Å². The SMILES string of the molecule is CC1(C)C2CCCC1OC(=N)C2. The Kier molecular flexibility index (Phi) is 1.67. The van der Waals surface area contributed by atoms with Crippen molar-refractivity contribution in [3.8, 4) is 0 Å². The van der Waals surface area contributed by atoms with Crippen molar-refractivity contribution in [2.75, 3.05) is 0 Å². The van der Waals surface area contributed by atoms with Crippen LogP contribution in [0.5, 0.6) is 0 Å². The topological polar surface area (TPSA) is 33.1 Å².